The van der Waals surface area contributed by atoms with E-state index < -0.39 is 5.60 Å². The molecule has 0 bridgehead atoms. The van der Waals surface area contributed by atoms with E-state index in [1.807, 2.05) is 31.7 Å². The van der Waals surface area contributed by atoms with Crippen molar-refractivity contribution in [2.24, 2.45) is 0 Å². The third kappa shape index (κ3) is 5.66. The summed E-state index contributed by atoms with van der Waals surface area (Å²) in [5.41, 5.74) is 0.649. The summed E-state index contributed by atoms with van der Waals surface area (Å²) in [6, 6.07) is 9.23. The zero-order valence-electron chi connectivity index (χ0n) is 21.4. The number of nitriles is 1. The van der Waals surface area contributed by atoms with Crippen LogP contribution in [0, 0.1) is 23.2 Å². The monoisotopic (exact) mass is 523 g/mol. The molecule has 11 heteroatoms. The van der Waals surface area contributed by atoms with Gasteiger partial charge >= 0.3 is 6.09 Å². The third-order valence-corrected chi connectivity index (χ3v) is 6.44. The van der Waals surface area contributed by atoms with Crippen molar-refractivity contribution in [2.45, 2.75) is 46.1 Å². The number of fused-ring (bicyclic) bond motifs is 1. The number of anilines is 2. The number of halogens is 1. The lowest BCUT2D eigenvalue weighted by atomic mass is 10.1. The van der Waals surface area contributed by atoms with Crippen LogP contribution in [0.15, 0.2) is 29.1 Å². The molecule has 3 heterocycles. The van der Waals surface area contributed by atoms with E-state index in [4.69, 9.17) is 16.3 Å². The standard InChI is InChI=1S/C26H30ClN7O3/c1-5-6-11-33-20-21(29-23(27)34(22(20)35)17-19-10-8-7-9-18(19)16-28)30-24(33)31-12-14-32(15-13-31)25(36)37-26(2,3)4/h7-10,24,30H,11-15,17H2,1-4H3. The molecule has 10 nitrogen and oxygen atoms in total. The second-order valence-electron chi connectivity index (χ2n) is 9.81. The zero-order chi connectivity index (χ0) is 26.7. The molecule has 1 saturated heterocycles. The smallest absolute Gasteiger partial charge is 0.410 e. The van der Waals surface area contributed by atoms with Gasteiger partial charge in [0.15, 0.2) is 12.1 Å². The van der Waals surface area contributed by atoms with E-state index in [0.717, 1.165) is 0 Å². The van der Waals surface area contributed by atoms with Crippen LogP contribution in [-0.4, -0.2) is 70.1 Å². The summed E-state index contributed by atoms with van der Waals surface area (Å²) in [5, 5.41) is 12.8. The summed E-state index contributed by atoms with van der Waals surface area (Å²) >= 11 is 6.46. The van der Waals surface area contributed by atoms with Crippen LogP contribution >= 0.6 is 11.6 Å². The highest BCUT2D eigenvalue weighted by molar-refractivity contribution is 6.28. The summed E-state index contributed by atoms with van der Waals surface area (Å²) in [6.45, 7) is 9.81. The van der Waals surface area contributed by atoms with Crippen LogP contribution in [0.4, 0.5) is 16.3 Å². The fourth-order valence-corrected chi connectivity index (χ4v) is 4.59. The Kier molecular flexibility index (Phi) is 7.63. The molecular formula is C26H30ClN7O3. The van der Waals surface area contributed by atoms with Crippen molar-refractivity contribution in [3.63, 3.8) is 0 Å². The summed E-state index contributed by atoms with van der Waals surface area (Å²) < 4.78 is 6.87. The number of carbonyl (C=O) groups is 1. The van der Waals surface area contributed by atoms with E-state index in [1.54, 1.807) is 30.0 Å². The first-order chi connectivity index (χ1) is 17.6. The van der Waals surface area contributed by atoms with Gasteiger partial charge in [0, 0.05) is 26.2 Å². The Morgan fingerprint density at radius 2 is 1.95 bits per heavy atom. The highest BCUT2D eigenvalue weighted by Crippen LogP contribution is 2.32. The van der Waals surface area contributed by atoms with Gasteiger partial charge < -0.3 is 19.9 Å². The van der Waals surface area contributed by atoms with Crippen molar-refractivity contribution < 1.29 is 9.53 Å². The number of carbonyl (C=O) groups excluding carboxylic acids is 1. The number of benzene rings is 1. The second-order valence-corrected chi connectivity index (χ2v) is 10.2. The molecule has 1 aromatic carbocycles. The molecule has 0 aliphatic carbocycles. The highest BCUT2D eigenvalue weighted by Gasteiger charge is 2.39. The van der Waals surface area contributed by atoms with E-state index in [2.05, 4.69) is 33.1 Å². The van der Waals surface area contributed by atoms with Gasteiger partial charge in [0.1, 0.15) is 11.3 Å². The van der Waals surface area contributed by atoms with Gasteiger partial charge in [-0.15, -0.1) is 5.92 Å². The Balaban J connectivity index is 1.59. The lowest BCUT2D eigenvalue weighted by Crippen LogP contribution is -2.58. The maximum atomic E-state index is 13.7. The molecule has 2 aliphatic heterocycles. The second kappa shape index (κ2) is 10.7. The average molecular weight is 524 g/mol. The van der Waals surface area contributed by atoms with Crippen molar-refractivity contribution in [2.75, 3.05) is 42.9 Å². The molecule has 0 spiro atoms. The topological polar surface area (TPSA) is 107 Å². The van der Waals surface area contributed by atoms with Crippen LogP contribution in [-0.2, 0) is 11.3 Å². The lowest BCUT2D eigenvalue weighted by molar-refractivity contribution is 0.0117. The van der Waals surface area contributed by atoms with Gasteiger partial charge in [-0.1, -0.05) is 24.1 Å². The minimum atomic E-state index is -0.558. The van der Waals surface area contributed by atoms with Gasteiger partial charge in [-0.05, 0) is 50.9 Å². The van der Waals surface area contributed by atoms with Gasteiger partial charge in [0.05, 0.1) is 24.7 Å². The zero-order valence-corrected chi connectivity index (χ0v) is 22.2. The Labute approximate surface area is 221 Å². The first-order valence-corrected chi connectivity index (χ1v) is 12.4. The summed E-state index contributed by atoms with van der Waals surface area (Å²) in [5.74, 6) is 6.34. The van der Waals surface area contributed by atoms with Crippen LogP contribution in [0.3, 0.4) is 0 Å². The van der Waals surface area contributed by atoms with Crippen LogP contribution in [0.1, 0.15) is 38.8 Å². The molecule has 37 heavy (non-hydrogen) atoms. The van der Waals surface area contributed by atoms with Crippen LogP contribution < -0.4 is 15.8 Å². The van der Waals surface area contributed by atoms with E-state index in [9.17, 15) is 14.9 Å². The van der Waals surface area contributed by atoms with Gasteiger partial charge in [0.25, 0.3) is 5.56 Å². The SMILES string of the molecule is CC#CCN1c2c(nc(Cl)n(Cc3ccccc3C#N)c2=O)NC1N1CCN(C(=O)OC(C)(C)C)CC1. The quantitative estimate of drug-likeness (QED) is 0.481. The average Bonchev–Trinajstić information content (AvgIpc) is 3.22. The number of nitrogens with zero attached hydrogens (tertiary/aromatic N) is 6. The lowest BCUT2D eigenvalue weighted by Gasteiger charge is -2.40. The molecule has 194 valence electrons. The summed E-state index contributed by atoms with van der Waals surface area (Å²) in [4.78, 5) is 36.4. The Hall–Kier alpha value is -3.73. The fourth-order valence-electron chi connectivity index (χ4n) is 4.37. The van der Waals surface area contributed by atoms with Crippen LogP contribution in [0.5, 0.6) is 0 Å². The number of rotatable bonds is 4. The number of hydrogen-bond acceptors (Lipinski definition) is 8. The number of piperazine rings is 1. The highest BCUT2D eigenvalue weighted by atomic mass is 35.5. The van der Waals surface area contributed by atoms with E-state index in [0.29, 0.717) is 55.4 Å². The maximum absolute atomic E-state index is 13.7. The molecule has 4 rings (SSSR count). The number of amides is 1. The predicted molar refractivity (Wildman–Crippen MR) is 141 cm³/mol. The Morgan fingerprint density at radius 3 is 2.59 bits per heavy atom. The largest absolute Gasteiger partial charge is 0.444 e. The fraction of sp³-hybridized carbons (Fsp3) is 0.462. The third-order valence-electron chi connectivity index (χ3n) is 6.15. The molecule has 0 radical (unpaired) electrons. The van der Waals surface area contributed by atoms with Crippen molar-refractivity contribution in [1.29, 1.82) is 5.26 Å². The predicted octanol–water partition coefficient (Wildman–Crippen LogP) is 2.91. The number of aromatic nitrogens is 2. The minimum Gasteiger partial charge on any atom is -0.444 e. The molecule has 2 aliphatic rings. The first-order valence-electron chi connectivity index (χ1n) is 12.1. The molecule has 1 unspecified atom stereocenters. The van der Waals surface area contributed by atoms with Crippen molar-refractivity contribution in [3.8, 4) is 17.9 Å². The van der Waals surface area contributed by atoms with Crippen molar-refractivity contribution in [3.05, 3.63) is 51.0 Å². The van der Waals surface area contributed by atoms with Gasteiger partial charge in [0.2, 0.25) is 5.28 Å². The van der Waals surface area contributed by atoms with Crippen molar-refractivity contribution in [1.82, 2.24) is 19.4 Å². The molecule has 0 saturated carbocycles. The number of hydrogen-bond donors (Lipinski definition) is 1. The molecule has 1 amide bonds. The molecule has 1 fully saturated rings. The van der Waals surface area contributed by atoms with Gasteiger partial charge in [-0.2, -0.15) is 10.2 Å². The molecule has 1 N–H and O–H groups in total. The van der Waals surface area contributed by atoms with E-state index in [1.165, 1.54) is 4.57 Å². The summed E-state index contributed by atoms with van der Waals surface area (Å²) in [7, 11) is 0. The number of nitrogens with one attached hydrogen (secondary N) is 1. The van der Waals surface area contributed by atoms with Gasteiger partial charge in [-0.25, -0.2) is 4.79 Å². The first kappa shape index (κ1) is 26.3. The van der Waals surface area contributed by atoms with Crippen LogP contribution in [0.25, 0.3) is 0 Å². The van der Waals surface area contributed by atoms with E-state index in [-0.39, 0.29) is 29.8 Å². The maximum Gasteiger partial charge on any atom is 0.410 e. The van der Waals surface area contributed by atoms with Gasteiger partial charge in [-0.3, -0.25) is 14.3 Å². The number of ether oxygens (including phenoxy) is 1. The molecule has 1 aromatic heterocycles. The summed E-state index contributed by atoms with van der Waals surface area (Å²) in [6.07, 6.45) is -0.715. The van der Waals surface area contributed by atoms with Crippen molar-refractivity contribution >= 4 is 29.2 Å². The molecule has 2 aromatic rings. The molecule has 1 atom stereocenters. The van der Waals surface area contributed by atoms with E-state index >= 15 is 0 Å². The Bertz CT molecular complexity index is 1340. The van der Waals surface area contributed by atoms with Crippen LogP contribution in [0.2, 0.25) is 5.28 Å². The normalized spacial score (nSPS) is 17.4. The minimum absolute atomic E-state index is 0.0286. The Morgan fingerprint density at radius 1 is 1.24 bits per heavy atom. The molecular weight excluding hydrogens is 494 g/mol.